The van der Waals surface area contributed by atoms with Crippen molar-refractivity contribution < 1.29 is 19.4 Å². The van der Waals surface area contributed by atoms with Crippen LogP contribution in [0.15, 0.2) is 48.5 Å². The van der Waals surface area contributed by atoms with Crippen LogP contribution in [-0.2, 0) is 11.2 Å². The molecule has 7 heteroatoms. The van der Waals surface area contributed by atoms with Crippen molar-refractivity contribution in [1.82, 2.24) is 10.2 Å². The van der Waals surface area contributed by atoms with E-state index in [1.54, 1.807) is 23.1 Å². The van der Waals surface area contributed by atoms with Gasteiger partial charge in [-0.25, -0.2) is 0 Å². The second kappa shape index (κ2) is 10.4. The molecular weight excluding hydrogens is 394 g/mol. The lowest BCUT2D eigenvalue weighted by Crippen LogP contribution is -2.49. The summed E-state index contributed by atoms with van der Waals surface area (Å²) in [4.78, 5) is 27.5. The summed E-state index contributed by atoms with van der Waals surface area (Å²) in [6.07, 6.45) is 0.112. The van der Waals surface area contributed by atoms with Crippen molar-refractivity contribution >= 4 is 17.5 Å². The van der Waals surface area contributed by atoms with Crippen LogP contribution >= 0.6 is 0 Å². The van der Waals surface area contributed by atoms with Gasteiger partial charge in [-0.2, -0.15) is 0 Å². The van der Waals surface area contributed by atoms with E-state index in [4.69, 9.17) is 4.74 Å². The second-order valence-electron chi connectivity index (χ2n) is 8.10. The molecular formula is C24H31N3O4. The number of rotatable bonds is 7. The smallest absolute Gasteiger partial charge is 0.258 e. The van der Waals surface area contributed by atoms with Gasteiger partial charge in [-0.15, -0.1) is 0 Å². The van der Waals surface area contributed by atoms with Crippen LogP contribution in [0.2, 0.25) is 0 Å². The van der Waals surface area contributed by atoms with Crippen LogP contribution in [0.25, 0.3) is 0 Å². The van der Waals surface area contributed by atoms with Gasteiger partial charge in [0.2, 0.25) is 5.91 Å². The number of amides is 2. The number of carbonyl (C=O) groups is 2. The predicted octanol–water partition coefficient (Wildman–Crippen LogP) is 2.31. The highest BCUT2D eigenvalue weighted by atomic mass is 16.5. The molecule has 0 bridgehead atoms. The Kier molecular flexibility index (Phi) is 7.65. The molecule has 2 aromatic carbocycles. The molecule has 3 N–H and O–H groups in total. The molecule has 0 saturated carbocycles. The summed E-state index contributed by atoms with van der Waals surface area (Å²) >= 11 is 0. The first-order chi connectivity index (χ1) is 14.9. The van der Waals surface area contributed by atoms with Gasteiger partial charge in [-0.3, -0.25) is 9.59 Å². The van der Waals surface area contributed by atoms with E-state index in [1.807, 2.05) is 51.2 Å². The summed E-state index contributed by atoms with van der Waals surface area (Å²) in [6, 6.07) is 14.3. The Morgan fingerprint density at radius 2 is 2.00 bits per heavy atom. The molecule has 0 spiro atoms. The van der Waals surface area contributed by atoms with E-state index in [0.29, 0.717) is 30.1 Å². The number of nitrogens with one attached hydrogen (secondary N) is 2. The van der Waals surface area contributed by atoms with Crippen molar-refractivity contribution in [2.24, 2.45) is 5.92 Å². The average Bonchev–Trinajstić information content (AvgIpc) is 2.76. The Morgan fingerprint density at radius 1 is 1.26 bits per heavy atom. The molecule has 0 fully saturated rings. The van der Waals surface area contributed by atoms with Gasteiger partial charge in [0.1, 0.15) is 11.9 Å². The molecule has 0 aliphatic carbocycles. The van der Waals surface area contributed by atoms with Crippen LogP contribution in [0.4, 0.5) is 5.69 Å². The highest BCUT2D eigenvalue weighted by Crippen LogP contribution is 2.30. The van der Waals surface area contributed by atoms with Gasteiger partial charge in [0.05, 0.1) is 24.6 Å². The standard InChI is InChI=1S/C24H31N3O4/c1-16-14-27(17(2)15-28)24(30)20-12-19(9-10-21(20)31-22(16)13-25-3)26-23(29)11-18-7-5-4-6-8-18/h4-10,12,16-17,22,25,28H,11,13-15H2,1-3H3,(H,26,29)/t16-,17-,22+/m0/s1. The highest BCUT2D eigenvalue weighted by molar-refractivity contribution is 6.00. The molecule has 0 unspecified atom stereocenters. The number of anilines is 1. The Morgan fingerprint density at radius 3 is 2.68 bits per heavy atom. The number of carbonyl (C=O) groups excluding carboxylic acids is 2. The van der Waals surface area contributed by atoms with Crippen molar-refractivity contribution in [3.05, 3.63) is 59.7 Å². The minimum absolute atomic E-state index is 0.0730. The fourth-order valence-corrected chi connectivity index (χ4v) is 3.73. The van der Waals surface area contributed by atoms with Crippen molar-refractivity contribution in [1.29, 1.82) is 0 Å². The molecule has 166 valence electrons. The van der Waals surface area contributed by atoms with Gasteiger partial charge < -0.3 is 25.4 Å². The third-order valence-corrected chi connectivity index (χ3v) is 5.56. The van der Waals surface area contributed by atoms with Crippen LogP contribution in [0.3, 0.4) is 0 Å². The largest absolute Gasteiger partial charge is 0.488 e. The van der Waals surface area contributed by atoms with E-state index in [9.17, 15) is 14.7 Å². The molecule has 0 radical (unpaired) electrons. The molecule has 3 rings (SSSR count). The topological polar surface area (TPSA) is 90.9 Å². The third kappa shape index (κ3) is 5.62. The lowest BCUT2D eigenvalue weighted by molar-refractivity contribution is -0.115. The number of hydrogen-bond donors (Lipinski definition) is 3. The Labute approximate surface area is 183 Å². The number of nitrogens with zero attached hydrogens (tertiary/aromatic N) is 1. The number of aliphatic hydroxyl groups excluding tert-OH is 1. The molecule has 7 nitrogen and oxygen atoms in total. The van der Waals surface area contributed by atoms with Crippen molar-refractivity contribution in [2.45, 2.75) is 32.4 Å². The number of ether oxygens (including phenoxy) is 1. The average molecular weight is 426 g/mol. The van der Waals surface area contributed by atoms with Gasteiger partial charge in [0, 0.05) is 24.7 Å². The Balaban J connectivity index is 1.87. The number of likely N-dealkylation sites (N-methyl/N-ethyl adjacent to an activating group) is 1. The lowest BCUT2D eigenvalue weighted by atomic mass is 9.99. The summed E-state index contributed by atoms with van der Waals surface area (Å²) in [5, 5.41) is 15.7. The molecule has 1 aliphatic rings. The summed E-state index contributed by atoms with van der Waals surface area (Å²) in [7, 11) is 1.86. The van der Waals surface area contributed by atoms with E-state index in [0.717, 1.165) is 5.56 Å². The molecule has 2 amide bonds. The quantitative estimate of drug-likeness (QED) is 0.633. The first-order valence-corrected chi connectivity index (χ1v) is 10.6. The van der Waals surface area contributed by atoms with Gasteiger partial charge in [0.25, 0.3) is 5.91 Å². The molecule has 0 aromatic heterocycles. The Hall–Kier alpha value is -2.90. The fraction of sp³-hybridized carbons (Fsp3) is 0.417. The minimum atomic E-state index is -0.326. The third-order valence-electron chi connectivity index (χ3n) is 5.56. The number of hydrogen-bond acceptors (Lipinski definition) is 5. The number of aliphatic hydroxyl groups is 1. The second-order valence-corrected chi connectivity index (χ2v) is 8.10. The highest BCUT2D eigenvalue weighted by Gasteiger charge is 2.32. The van der Waals surface area contributed by atoms with E-state index in [1.165, 1.54) is 0 Å². The van der Waals surface area contributed by atoms with Crippen LogP contribution in [0.1, 0.15) is 29.8 Å². The molecule has 2 aromatic rings. The lowest BCUT2D eigenvalue weighted by Gasteiger charge is -2.37. The minimum Gasteiger partial charge on any atom is -0.488 e. The van der Waals surface area contributed by atoms with E-state index >= 15 is 0 Å². The maximum Gasteiger partial charge on any atom is 0.258 e. The number of fused-ring (bicyclic) bond motifs is 1. The van der Waals surface area contributed by atoms with Crippen molar-refractivity contribution in [2.75, 3.05) is 32.1 Å². The van der Waals surface area contributed by atoms with Gasteiger partial charge in [0.15, 0.2) is 0 Å². The first kappa shape index (κ1) is 22.8. The Bertz CT molecular complexity index is 903. The van der Waals surface area contributed by atoms with Crippen LogP contribution in [-0.4, -0.2) is 60.7 Å². The van der Waals surface area contributed by atoms with Gasteiger partial charge in [-0.1, -0.05) is 37.3 Å². The normalized spacial score (nSPS) is 19.6. The summed E-state index contributed by atoms with van der Waals surface area (Å²) in [5.41, 5.74) is 1.83. The maximum atomic E-state index is 13.3. The van der Waals surface area contributed by atoms with Crippen LogP contribution in [0, 0.1) is 5.92 Å². The monoisotopic (exact) mass is 425 g/mol. The molecule has 1 heterocycles. The summed E-state index contributed by atoms with van der Waals surface area (Å²) < 4.78 is 6.19. The molecule has 0 saturated heterocycles. The molecule has 1 aliphatic heterocycles. The van der Waals surface area contributed by atoms with E-state index < -0.39 is 0 Å². The van der Waals surface area contributed by atoms with E-state index in [-0.39, 0.29) is 42.9 Å². The summed E-state index contributed by atoms with van der Waals surface area (Å²) in [6.45, 7) is 4.84. The zero-order valence-corrected chi connectivity index (χ0v) is 18.3. The van der Waals surface area contributed by atoms with Gasteiger partial charge in [-0.05, 0) is 37.7 Å². The van der Waals surface area contributed by atoms with Crippen molar-refractivity contribution in [3.8, 4) is 5.75 Å². The van der Waals surface area contributed by atoms with Gasteiger partial charge >= 0.3 is 0 Å². The molecule has 31 heavy (non-hydrogen) atoms. The molecule has 3 atom stereocenters. The maximum absolute atomic E-state index is 13.3. The number of benzene rings is 2. The fourth-order valence-electron chi connectivity index (χ4n) is 3.73. The zero-order valence-electron chi connectivity index (χ0n) is 18.3. The zero-order chi connectivity index (χ0) is 22.4. The first-order valence-electron chi connectivity index (χ1n) is 10.6. The predicted molar refractivity (Wildman–Crippen MR) is 120 cm³/mol. The summed E-state index contributed by atoms with van der Waals surface area (Å²) in [5.74, 6) is 0.176. The van der Waals surface area contributed by atoms with E-state index in [2.05, 4.69) is 10.6 Å². The van der Waals surface area contributed by atoms with Crippen molar-refractivity contribution in [3.63, 3.8) is 0 Å². The SMILES string of the molecule is CNC[C@H]1Oc2ccc(NC(=O)Cc3ccccc3)cc2C(=O)N([C@@H](C)CO)C[C@@H]1C. The van der Waals surface area contributed by atoms with Crippen LogP contribution in [0.5, 0.6) is 5.75 Å². The van der Waals surface area contributed by atoms with Crippen LogP contribution < -0.4 is 15.4 Å².